The first-order chi connectivity index (χ1) is 8.15. The van der Waals surface area contributed by atoms with Gasteiger partial charge in [-0.2, -0.15) is 0 Å². The Morgan fingerprint density at radius 3 is 2.65 bits per heavy atom. The lowest BCUT2D eigenvalue weighted by atomic mass is 10.0. The average Bonchev–Trinajstić information content (AvgIpc) is 2.32. The van der Waals surface area contributed by atoms with Gasteiger partial charge in [0.15, 0.2) is 5.17 Å². The molecular weight excluding hydrogens is 232 g/mol. The summed E-state index contributed by atoms with van der Waals surface area (Å²) in [6.07, 6.45) is 1.22. The van der Waals surface area contributed by atoms with Crippen LogP contribution in [0.3, 0.4) is 0 Å². The van der Waals surface area contributed by atoms with Gasteiger partial charge in [0.25, 0.3) is 0 Å². The number of hydrogen-bond acceptors (Lipinski definition) is 5. The Kier molecular flexibility index (Phi) is 4.70. The lowest BCUT2D eigenvalue weighted by Gasteiger charge is -2.34. The number of thioether (sulfide) groups is 1. The van der Waals surface area contributed by atoms with Crippen LogP contribution in [-0.2, 0) is 0 Å². The quantitative estimate of drug-likeness (QED) is 0.806. The molecule has 17 heavy (non-hydrogen) atoms. The van der Waals surface area contributed by atoms with Gasteiger partial charge in [0.1, 0.15) is 0 Å². The highest BCUT2D eigenvalue weighted by atomic mass is 32.2. The molecular formula is C12H24N4S. The average molecular weight is 256 g/mol. The number of hydrazine groups is 1. The second kappa shape index (κ2) is 6.07. The zero-order valence-electron chi connectivity index (χ0n) is 11.1. The lowest BCUT2D eigenvalue weighted by Crippen LogP contribution is -2.52. The second-order valence-corrected chi connectivity index (χ2v) is 6.37. The van der Waals surface area contributed by atoms with Crippen LogP contribution in [0.1, 0.15) is 20.3 Å². The molecule has 98 valence electrons. The smallest absolute Gasteiger partial charge is 0.171 e. The zero-order chi connectivity index (χ0) is 12.3. The molecule has 1 saturated heterocycles. The van der Waals surface area contributed by atoms with Crippen LogP contribution in [0.25, 0.3) is 0 Å². The number of aliphatic imine (C=N–C) groups is 1. The molecule has 0 aromatic heterocycles. The summed E-state index contributed by atoms with van der Waals surface area (Å²) < 4.78 is 0. The number of amidine groups is 1. The van der Waals surface area contributed by atoms with E-state index in [0.29, 0.717) is 12.0 Å². The number of piperazine rings is 1. The van der Waals surface area contributed by atoms with Crippen LogP contribution >= 0.6 is 11.8 Å². The van der Waals surface area contributed by atoms with Crippen LogP contribution < -0.4 is 5.43 Å². The maximum Gasteiger partial charge on any atom is 0.171 e. The molecule has 1 atom stereocenters. The molecule has 5 heteroatoms. The van der Waals surface area contributed by atoms with Crippen LogP contribution in [-0.4, -0.2) is 60.1 Å². The molecule has 2 aliphatic heterocycles. The summed E-state index contributed by atoms with van der Waals surface area (Å²) in [5.74, 6) is 1.85. The van der Waals surface area contributed by atoms with Crippen LogP contribution in [0.4, 0.5) is 0 Å². The van der Waals surface area contributed by atoms with Gasteiger partial charge in [0.05, 0.1) is 6.04 Å². The van der Waals surface area contributed by atoms with Gasteiger partial charge in [-0.25, -0.2) is 5.01 Å². The van der Waals surface area contributed by atoms with E-state index in [1.807, 2.05) is 11.8 Å². The van der Waals surface area contributed by atoms with Crippen molar-refractivity contribution in [1.82, 2.24) is 15.3 Å². The summed E-state index contributed by atoms with van der Waals surface area (Å²) in [4.78, 5) is 7.17. The van der Waals surface area contributed by atoms with E-state index in [4.69, 9.17) is 4.99 Å². The number of hydrogen-bond donors (Lipinski definition) is 1. The van der Waals surface area contributed by atoms with Crippen LogP contribution in [0, 0.1) is 5.92 Å². The van der Waals surface area contributed by atoms with Gasteiger partial charge in [-0.15, -0.1) is 0 Å². The number of nitrogens with zero attached hydrogens (tertiary/aromatic N) is 3. The Labute approximate surface area is 109 Å². The van der Waals surface area contributed by atoms with Gasteiger partial charge < -0.3 is 4.90 Å². The SMILES string of the molecule is CC(C)C1CCSC(NN2CCN(C)CC2)=N1. The molecule has 1 fully saturated rings. The first kappa shape index (κ1) is 13.2. The van der Waals surface area contributed by atoms with Crippen molar-refractivity contribution in [3.05, 3.63) is 0 Å². The molecule has 0 aromatic rings. The number of rotatable bonds is 2. The molecule has 0 saturated carbocycles. The standard InChI is InChI=1S/C12H24N4S/c1-10(2)11-4-9-17-12(13-11)14-16-7-5-15(3)6-8-16/h10-11H,4-9H2,1-3H3,(H,13,14). The molecule has 2 rings (SSSR count). The molecule has 0 aromatic carbocycles. The summed E-state index contributed by atoms with van der Waals surface area (Å²) >= 11 is 1.86. The van der Waals surface area contributed by atoms with Crippen molar-refractivity contribution in [3.63, 3.8) is 0 Å². The predicted octanol–water partition coefficient (Wildman–Crippen LogP) is 1.26. The van der Waals surface area contributed by atoms with Crippen LogP contribution in [0.15, 0.2) is 4.99 Å². The van der Waals surface area contributed by atoms with Crippen molar-refractivity contribution >= 4 is 16.9 Å². The van der Waals surface area contributed by atoms with Crippen molar-refractivity contribution in [2.24, 2.45) is 10.9 Å². The van der Waals surface area contributed by atoms with Crippen molar-refractivity contribution < 1.29 is 0 Å². The molecule has 2 heterocycles. The third-order valence-electron chi connectivity index (χ3n) is 3.46. The van der Waals surface area contributed by atoms with E-state index < -0.39 is 0 Å². The Balaban J connectivity index is 1.85. The molecule has 0 radical (unpaired) electrons. The fourth-order valence-corrected chi connectivity index (χ4v) is 3.08. The number of nitrogens with one attached hydrogen (secondary N) is 1. The molecule has 0 amide bonds. The van der Waals surface area contributed by atoms with Crippen LogP contribution in [0.5, 0.6) is 0 Å². The zero-order valence-corrected chi connectivity index (χ0v) is 12.0. The molecule has 1 N–H and O–H groups in total. The summed E-state index contributed by atoms with van der Waals surface area (Å²) in [5.41, 5.74) is 3.48. The van der Waals surface area contributed by atoms with Gasteiger partial charge in [0.2, 0.25) is 0 Å². The summed E-state index contributed by atoms with van der Waals surface area (Å²) in [7, 11) is 2.18. The molecule has 0 bridgehead atoms. The minimum absolute atomic E-state index is 0.506. The van der Waals surface area contributed by atoms with Gasteiger partial charge in [-0.1, -0.05) is 25.6 Å². The van der Waals surface area contributed by atoms with E-state index in [9.17, 15) is 0 Å². The van der Waals surface area contributed by atoms with Crippen molar-refractivity contribution in [3.8, 4) is 0 Å². The minimum Gasteiger partial charge on any atom is -0.304 e. The highest BCUT2D eigenvalue weighted by molar-refractivity contribution is 8.13. The van der Waals surface area contributed by atoms with E-state index in [1.165, 1.54) is 12.2 Å². The number of likely N-dealkylation sites (N-methyl/N-ethyl adjacent to an activating group) is 1. The van der Waals surface area contributed by atoms with Gasteiger partial charge >= 0.3 is 0 Å². The van der Waals surface area contributed by atoms with E-state index in [-0.39, 0.29) is 0 Å². The minimum atomic E-state index is 0.506. The fourth-order valence-electron chi connectivity index (χ4n) is 2.13. The van der Waals surface area contributed by atoms with Crippen molar-refractivity contribution in [2.75, 3.05) is 39.0 Å². The maximum atomic E-state index is 4.81. The van der Waals surface area contributed by atoms with Gasteiger partial charge in [0, 0.05) is 31.9 Å². The van der Waals surface area contributed by atoms with E-state index in [0.717, 1.165) is 31.3 Å². The van der Waals surface area contributed by atoms with Crippen molar-refractivity contribution in [1.29, 1.82) is 0 Å². The molecule has 0 aliphatic carbocycles. The Morgan fingerprint density at radius 1 is 1.29 bits per heavy atom. The normalized spacial score (nSPS) is 28.2. The molecule has 2 aliphatic rings. The first-order valence-electron chi connectivity index (χ1n) is 6.56. The highest BCUT2D eigenvalue weighted by Gasteiger charge is 2.21. The third-order valence-corrected chi connectivity index (χ3v) is 4.37. The monoisotopic (exact) mass is 256 g/mol. The van der Waals surface area contributed by atoms with E-state index >= 15 is 0 Å². The fraction of sp³-hybridized carbons (Fsp3) is 0.917. The first-order valence-corrected chi connectivity index (χ1v) is 7.54. The van der Waals surface area contributed by atoms with E-state index in [1.54, 1.807) is 0 Å². The van der Waals surface area contributed by atoms with E-state index in [2.05, 4.69) is 36.2 Å². The maximum absolute atomic E-state index is 4.81. The Bertz CT molecular complexity index is 272. The Hall–Kier alpha value is -0.260. The summed E-state index contributed by atoms with van der Waals surface area (Å²) in [5, 5.41) is 3.42. The molecule has 0 spiro atoms. The summed E-state index contributed by atoms with van der Waals surface area (Å²) in [6.45, 7) is 8.97. The highest BCUT2D eigenvalue weighted by Crippen LogP contribution is 2.21. The van der Waals surface area contributed by atoms with Gasteiger partial charge in [-0.3, -0.25) is 10.4 Å². The predicted molar refractivity (Wildman–Crippen MR) is 75.3 cm³/mol. The Morgan fingerprint density at radius 2 is 2.00 bits per heavy atom. The lowest BCUT2D eigenvalue weighted by molar-refractivity contribution is 0.131. The van der Waals surface area contributed by atoms with Crippen molar-refractivity contribution in [2.45, 2.75) is 26.3 Å². The van der Waals surface area contributed by atoms with Crippen LogP contribution in [0.2, 0.25) is 0 Å². The second-order valence-electron chi connectivity index (χ2n) is 5.28. The third kappa shape index (κ3) is 3.86. The molecule has 1 unspecified atom stereocenters. The molecule has 4 nitrogen and oxygen atoms in total. The largest absolute Gasteiger partial charge is 0.304 e. The topological polar surface area (TPSA) is 30.9 Å². The summed E-state index contributed by atoms with van der Waals surface area (Å²) in [6, 6.07) is 0.506. The van der Waals surface area contributed by atoms with Gasteiger partial charge in [-0.05, 0) is 19.4 Å².